The summed E-state index contributed by atoms with van der Waals surface area (Å²) in [6, 6.07) is 3.56. The van der Waals surface area contributed by atoms with Crippen LogP contribution < -0.4 is 5.32 Å². The Morgan fingerprint density at radius 3 is 2.65 bits per heavy atom. The number of nitrogens with one attached hydrogen (secondary N) is 1. The van der Waals surface area contributed by atoms with Crippen LogP contribution in [0.25, 0.3) is 0 Å². The average Bonchev–Trinajstić information content (AvgIpc) is 3.15. The highest BCUT2D eigenvalue weighted by Gasteiger charge is 2.48. The zero-order valence-electron chi connectivity index (χ0n) is 18.6. The maximum atomic E-state index is 13.5. The first-order valence-corrected chi connectivity index (χ1v) is 11.6. The van der Waals surface area contributed by atoms with E-state index in [9.17, 15) is 14.4 Å². The van der Waals surface area contributed by atoms with Crippen LogP contribution in [0.5, 0.6) is 0 Å². The Morgan fingerprint density at radius 1 is 1.29 bits per heavy atom. The van der Waals surface area contributed by atoms with Gasteiger partial charge in [-0.3, -0.25) is 9.59 Å². The molecular weight excluding hydrogens is 418 g/mol. The molecule has 0 saturated carbocycles. The summed E-state index contributed by atoms with van der Waals surface area (Å²) in [5.41, 5.74) is 2.05. The quantitative estimate of drug-likeness (QED) is 0.386. The number of thioether (sulfide) groups is 1. The number of allylic oxidation sites excluding steroid dienone is 3. The van der Waals surface area contributed by atoms with Crippen molar-refractivity contribution in [1.29, 1.82) is 0 Å². The molecule has 3 atom stereocenters. The summed E-state index contributed by atoms with van der Waals surface area (Å²) in [6.45, 7) is 7.77. The van der Waals surface area contributed by atoms with Crippen molar-refractivity contribution >= 4 is 29.5 Å². The zero-order chi connectivity index (χ0) is 22.7. The lowest BCUT2D eigenvalue weighted by molar-refractivity contribution is -0.151. The molecule has 0 amide bonds. The topological polar surface area (TPSA) is 94.8 Å². The van der Waals surface area contributed by atoms with E-state index < -0.39 is 23.8 Å². The third-order valence-electron chi connectivity index (χ3n) is 5.67. The number of dihydropyridines is 1. The van der Waals surface area contributed by atoms with Gasteiger partial charge < -0.3 is 19.2 Å². The molecule has 8 heteroatoms. The molecule has 31 heavy (non-hydrogen) atoms. The molecule has 1 aliphatic carbocycles. The molecule has 2 aliphatic rings. The third kappa shape index (κ3) is 4.59. The van der Waals surface area contributed by atoms with E-state index in [0.29, 0.717) is 46.2 Å². The largest absolute Gasteiger partial charge is 0.468 e. The highest BCUT2D eigenvalue weighted by atomic mass is 32.2. The number of methoxy groups -OCH3 is 1. The number of carbonyl (C=O) groups excluding carboxylic acids is 3. The van der Waals surface area contributed by atoms with E-state index in [1.54, 1.807) is 37.7 Å². The second kappa shape index (κ2) is 9.77. The fraction of sp³-hybridized carbons (Fsp3) is 0.522. The molecule has 0 radical (unpaired) electrons. The summed E-state index contributed by atoms with van der Waals surface area (Å²) in [6.07, 6.45) is 0.490. The minimum absolute atomic E-state index is 0.224. The van der Waals surface area contributed by atoms with Crippen LogP contribution in [-0.4, -0.2) is 42.9 Å². The monoisotopic (exact) mass is 447 g/mol. The number of carbonyl (C=O) groups is 3. The second-order valence-electron chi connectivity index (χ2n) is 7.82. The lowest BCUT2D eigenvalue weighted by atomic mass is 9.70. The second-order valence-corrected chi connectivity index (χ2v) is 9.21. The van der Waals surface area contributed by atoms with E-state index in [1.165, 1.54) is 7.11 Å². The maximum absolute atomic E-state index is 13.5. The predicted octanol–water partition coefficient (Wildman–Crippen LogP) is 3.50. The number of esters is 2. The van der Waals surface area contributed by atoms with Gasteiger partial charge in [-0.25, -0.2) is 4.79 Å². The molecule has 1 aromatic rings. The highest BCUT2D eigenvalue weighted by molar-refractivity contribution is 7.99. The molecule has 0 fully saturated rings. The lowest BCUT2D eigenvalue weighted by Gasteiger charge is -2.37. The fourth-order valence-electron chi connectivity index (χ4n) is 4.26. The van der Waals surface area contributed by atoms with Crippen LogP contribution in [0.2, 0.25) is 0 Å². The van der Waals surface area contributed by atoms with Gasteiger partial charge in [0.1, 0.15) is 24.0 Å². The van der Waals surface area contributed by atoms with Crippen molar-refractivity contribution in [1.82, 2.24) is 5.32 Å². The molecule has 0 unspecified atom stereocenters. The number of aryl methyl sites for hydroxylation is 1. The van der Waals surface area contributed by atoms with E-state index in [4.69, 9.17) is 13.9 Å². The van der Waals surface area contributed by atoms with Gasteiger partial charge in [0, 0.05) is 22.7 Å². The molecule has 3 rings (SSSR count). The van der Waals surface area contributed by atoms with Gasteiger partial charge in [0.15, 0.2) is 5.78 Å². The van der Waals surface area contributed by atoms with Crippen molar-refractivity contribution in [3.63, 3.8) is 0 Å². The smallest absolute Gasteiger partial charge is 0.336 e. The van der Waals surface area contributed by atoms with Gasteiger partial charge in [-0.1, -0.05) is 13.8 Å². The Morgan fingerprint density at radius 2 is 2.03 bits per heavy atom. The standard InChI is InChI=1S/C23H29NO6S/c1-6-31-10-9-29-23(27)18-14(4)24-15-11-12(2)17(22(26)28-5)21(25)19(15)20(18)16-8-7-13(3)30-16/h7-8,12,17,20,24H,6,9-11H2,1-5H3/t12-,17+,20+/m1/s1. The number of ketones is 1. The molecule has 168 valence electrons. The van der Waals surface area contributed by atoms with Gasteiger partial charge in [0.05, 0.1) is 18.6 Å². The Bertz CT molecular complexity index is 944. The van der Waals surface area contributed by atoms with Crippen LogP contribution in [0.15, 0.2) is 39.1 Å². The predicted molar refractivity (Wildman–Crippen MR) is 117 cm³/mol. The SMILES string of the molecule is CCSCCOC(=O)C1=C(C)NC2=C(C(=O)[C@@H](C(=O)OC)[C@H](C)C2)[C@H]1c1ccc(C)o1. The van der Waals surface area contributed by atoms with Gasteiger partial charge >= 0.3 is 11.9 Å². The van der Waals surface area contributed by atoms with Gasteiger partial charge in [0.25, 0.3) is 0 Å². The maximum Gasteiger partial charge on any atom is 0.336 e. The minimum Gasteiger partial charge on any atom is -0.468 e. The zero-order valence-corrected chi connectivity index (χ0v) is 19.4. The normalized spacial score (nSPS) is 23.4. The number of furan rings is 1. The van der Waals surface area contributed by atoms with Crippen molar-refractivity contribution in [2.45, 2.75) is 40.0 Å². The molecule has 1 aliphatic heterocycles. The van der Waals surface area contributed by atoms with Crippen LogP contribution >= 0.6 is 11.8 Å². The van der Waals surface area contributed by atoms with E-state index in [0.717, 1.165) is 5.75 Å². The van der Waals surface area contributed by atoms with Gasteiger partial charge in [-0.2, -0.15) is 11.8 Å². The van der Waals surface area contributed by atoms with Crippen LogP contribution in [0.3, 0.4) is 0 Å². The van der Waals surface area contributed by atoms with Crippen LogP contribution in [-0.2, 0) is 23.9 Å². The fourth-order valence-corrected chi connectivity index (χ4v) is 4.75. The number of ether oxygens (including phenoxy) is 2. The van der Waals surface area contributed by atoms with Crippen LogP contribution in [0, 0.1) is 18.8 Å². The molecule has 0 bridgehead atoms. The first-order chi connectivity index (χ1) is 14.8. The van der Waals surface area contributed by atoms with Crippen LogP contribution in [0.1, 0.15) is 44.6 Å². The van der Waals surface area contributed by atoms with Crippen molar-refractivity contribution in [2.24, 2.45) is 11.8 Å². The summed E-state index contributed by atoms with van der Waals surface area (Å²) >= 11 is 1.68. The van der Waals surface area contributed by atoms with E-state index in [2.05, 4.69) is 5.32 Å². The lowest BCUT2D eigenvalue weighted by Crippen LogP contribution is -2.43. The molecule has 0 spiro atoms. The molecule has 0 saturated heterocycles. The van der Waals surface area contributed by atoms with Crippen molar-refractivity contribution < 1.29 is 28.3 Å². The first-order valence-electron chi connectivity index (χ1n) is 10.4. The van der Waals surface area contributed by atoms with Gasteiger partial charge in [0.2, 0.25) is 0 Å². The molecule has 2 heterocycles. The molecule has 1 N–H and O–H groups in total. The van der Waals surface area contributed by atoms with E-state index in [-0.39, 0.29) is 18.3 Å². The molecular formula is C23H29NO6S. The van der Waals surface area contributed by atoms with E-state index >= 15 is 0 Å². The summed E-state index contributed by atoms with van der Waals surface area (Å²) in [7, 11) is 1.28. The third-order valence-corrected chi connectivity index (χ3v) is 6.54. The Labute approximate surface area is 186 Å². The number of hydrogen-bond acceptors (Lipinski definition) is 8. The molecule has 7 nitrogen and oxygen atoms in total. The Balaban J connectivity index is 2.03. The van der Waals surface area contributed by atoms with Crippen molar-refractivity contribution in [2.75, 3.05) is 25.2 Å². The summed E-state index contributed by atoms with van der Waals surface area (Å²) in [5.74, 6) is -0.491. The van der Waals surface area contributed by atoms with E-state index in [1.807, 2.05) is 13.8 Å². The highest BCUT2D eigenvalue weighted by Crippen LogP contribution is 2.45. The summed E-state index contributed by atoms with van der Waals surface area (Å²) < 4.78 is 16.3. The Kier molecular flexibility index (Phi) is 7.30. The minimum atomic E-state index is -0.916. The number of hydrogen-bond donors (Lipinski definition) is 1. The van der Waals surface area contributed by atoms with Gasteiger partial charge in [-0.15, -0.1) is 0 Å². The number of Topliss-reactive ketones (excluding diaryl/α,β-unsaturated/α-hetero) is 1. The Hall–Kier alpha value is -2.48. The number of rotatable bonds is 7. The molecule has 1 aromatic heterocycles. The first kappa shape index (κ1) is 23.2. The summed E-state index contributed by atoms with van der Waals surface area (Å²) in [5, 5.41) is 3.23. The van der Waals surface area contributed by atoms with Crippen molar-refractivity contribution in [3.05, 3.63) is 46.2 Å². The van der Waals surface area contributed by atoms with Gasteiger partial charge in [-0.05, 0) is 44.1 Å². The average molecular weight is 448 g/mol. The van der Waals surface area contributed by atoms with Crippen molar-refractivity contribution in [3.8, 4) is 0 Å². The molecule has 0 aromatic carbocycles. The van der Waals surface area contributed by atoms with Crippen LogP contribution in [0.4, 0.5) is 0 Å². The summed E-state index contributed by atoms with van der Waals surface area (Å²) in [4.78, 5) is 39.0.